The van der Waals surface area contributed by atoms with Crippen molar-refractivity contribution >= 4 is 24.2 Å². The summed E-state index contributed by atoms with van der Waals surface area (Å²) >= 11 is 0. The van der Waals surface area contributed by atoms with Gasteiger partial charge in [-0.1, -0.05) is 12.1 Å². The molecular formula is C16H22BNO3. The van der Waals surface area contributed by atoms with Gasteiger partial charge in [0.2, 0.25) is 5.91 Å². The highest BCUT2D eigenvalue weighted by molar-refractivity contribution is 6.62. The highest BCUT2D eigenvalue weighted by Crippen LogP contribution is 2.38. The van der Waals surface area contributed by atoms with Crippen LogP contribution in [-0.2, 0) is 14.1 Å². The summed E-state index contributed by atoms with van der Waals surface area (Å²) in [6, 6.07) is 6.03. The molecule has 2 aliphatic heterocycles. The van der Waals surface area contributed by atoms with Crippen molar-refractivity contribution in [3.8, 4) is 0 Å². The van der Waals surface area contributed by atoms with E-state index in [1.165, 1.54) is 0 Å². The van der Waals surface area contributed by atoms with Gasteiger partial charge in [-0.15, -0.1) is 0 Å². The van der Waals surface area contributed by atoms with Crippen molar-refractivity contribution in [2.24, 2.45) is 0 Å². The minimum atomic E-state index is -0.389. The van der Waals surface area contributed by atoms with Gasteiger partial charge in [-0.3, -0.25) is 4.79 Å². The van der Waals surface area contributed by atoms with Crippen LogP contribution in [0.15, 0.2) is 18.2 Å². The van der Waals surface area contributed by atoms with Crippen LogP contribution in [0.25, 0.3) is 0 Å². The Labute approximate surface area is 126 Å². The molecule has 21 heavy (non-hydrogen) atoms. The first-order valence-corrected chi connectivity index (χ1v) is 7.41. The summed E-state index contributed by atoms with van der Waals surface area (Å²) in [6.07, 6.45) is 0. The van der Waals surface area contributed by atoms with Crippen LogP contribution in [0, 0.1) is 0 Å². The summed E-state index contributed by atoms with van der Waals surface area (Å²) in [5, 5.41) is 0. The molecule has 5 heteroatoms. The average molecular weight is 287 g/mol. The van der Waals surface area contributed by atoms with Crippen LogP contribution in [0.5, 0.6) is 0 Å². The third kappa shape index (κ3) is 2.02. The molecule has 1 fully saturated rings. The van der Waals surface area contributed by atoms with Gasteiger partial charge in [0.05, 0.1) is 17.1 Å². The van der Waals surface area contributed by atoms with Crippen molar-refractivity contribution in [3.05, 3.63) is 23.8 Å². The van der Waals surface area contributed by atoms with Crippen molar-refractivity contribution in [3.63, 3.8) is 0 Å². The van der Waals surface area contributed by atoms with Crippen molar-refractivity contribution in [2.45, 2.75) is 51.7 Å². The van der Waals surface area contributed by atoms with Gasteiger partial charge < -0.3 is 14.2 Å². The summed E-state index contributed by atoms with van der Waals surface area (Å²) in [5.41, 5.74) is 2.28. The summed E-state index contributed by atoms with van der Waals surface area (Å²) in [6.45, 7) is 10.1. The lowest BCUT2D eigenvalue weighted by molar-refractivity contribution is -0.118. The Kier molecular flexibility index (Phi) is 3.02. The zero-order chi connectivity index (χ0) is 15.6. The maximum Gasteiger partial charge on any atom is 0.494 e. The Hall–Kier alpha value is -1.33. The molecule has 1 aromatic rings. The highest BCUT2D eigenvalue weighted by atomic mass is 16.7. The molecular weight excluding hydrogens is 265 g/mol. The lowest BCUT2D eigenvalue weighted by Gasteiger charge is -2.32. The largest absolute Gasteiger partial charge is 0.494 e. The van der Waals surface area contributed by atoms with Gasteiger partial charge in [0.1, 0.15) is 0 Å². The first-order chi connectivity index (χ1) is 9.64. The number of carbonyl (C=O) groups is 1. The zero-order valence-corrected chi connectivity index (χ0v) is 13.6. The fraction of sp³-hybridized carbons (Fsp3) is 0.562. The number of fused-ring (bicyclic) bond motifs is 1. The van der Waals surface area contributed by atoms with Crippen LogP contribution in [0.4, 0.5) is 5.69 Å². The van der Waals surface area contributed by atoms with E-state index in [2.05, 4.69) is 0 Å². The first kappa shape index (κ1) is 14.6. The van der Waals surface area contributed by atoms with E-state index in [1.807, 2.05) is 59.9 Å². The van der Waals surface area contributed by atoms with Crippen molar-refractivity contribution in [1.82, 2.24) is 0 Å². The van der Waals surface area contributed by atoms with Crippen LogP contribution < -0.4 is 10.4 Å². The van der Waals surface area contributed by atoms with Crippen molar-refractivity contribution < 1.29 is 14.1 Å². The highest BCUT2D eigenvalue weighted by Gasteiger charge is 2.52. The maximum atomic E-state index is 12.1. The maximum absolute atomic E-state index is 12.1. The Morgan fingerprint density at radius 3 is 2.29 bits per heavy atom. The van der Waals surface area contributed by atoms with E-state index in [0.29, 0.717) is 0 Å². The monoisotopic (exact) mass is 287 g/mol. The lowest BCUT2D eigenvalue weighted by Crippen LogP contribution is -2.41. The third-order valence-corrected chi connectivity index (χ3v) is 5.11. The average Bonchev–Trinajstić information content (AvgIpc) is 2.75. The van der Waals surface area contributed by atoms with E-state index in [1.54, 1.807) is 4.90 Å². The number of hydrogen-bond donors (Lipinski definition) is 0. The molecule has 0 radical (unpaired) electrons. The molecule has 3 rings (SSSR count). The fourth-order valence-corrected chi connectivity index (χ4v) is 2.89. The molecule has 1 aromatic carbocycles. The van der Waals surface area contributed by atoms with Crippen LogP contribution in [0.1, 0.15) is 46.1 Å². The van der Waals surface area contributed by atoms with E-state index in [9.17, 15) is 4.79 Å². The molecule has 1 saturated heterocycles. The van der Waals surface area contributed by atoms with Gasteiger partial charge in [0, 0.05) is 12.7 Å². The van der Waals surface area contributed by atoms with Gasteiger partial charge in [-0.2, -0.15) is 0 Å². The number of carbonyl (C=O) groups excluding carboxylic acids is 1. The molecule has 0 N–H and O–H groups in total. The van der Waals surface area contributed by atoms with E-state index in [-0.39, 0.29) is 30.1 Å². The number of amides is 1. The zero-order valence-electron chi connectivity index (χ0n) is 13.6. The van der Waals surface area contributed by atoms with Gasteiger partial charge in [-0.25, -0.2) is 0 Å². The molecule has 1 atom stereocenters. The van der Waals surface area contributed by atoms with E-state index >= 15 is 0 Å². The predicted molar refractivity (Wildman–Crippen MR) is 84.0 cm³/mol. The van der Waals surface area contributed by atoms with E-state index in [4.69, 9.17) is 9.31 Å². The number of rotatable bonds is 1. The summed E-state index contributed by atoms with van der Waals surface area (Å²) in [4.78, 5) is 13.8. The van der Waals surface area contributed by atoms with Gasteiger partial charge in [-0.05, 0) is 51.7 Å². The van der Waals surface area contributed by atoms with Crippen LogP contribution >= 0.6 is 0 Å². The SMILES string of the molecule is CC1C(=O)N(C)c2cc(B3OC(C)(C)C(C)(C)O3)ccc21. The minimum absolute atomic E-state index is 0.0719. The topological polar surface area (TPSA) is 38.8 Å². The molecule has 0 aromatic heterocycles. The predicted octanol–water partition coefficient (Wildman–Crippen LogP) is 2.07. The second-order valence-corrected chi connectivity index (χ2v) is 7.03. The molecule has 112 valence electrons. The standard InChI is InChI=1S/C16H22BNO3/c1-10-12-8-7-11(9-13(12)18(6)14(10)19)17-20-15(2,3)16(4,5)21-17/h7-10H,1-6H3. The fourth-order valence-electron chi connectivity index (χ4n) is 2.89. The van der Waals surface area contributed by atoms with Crippen LogP contribution in [0.3, 0.4) is 0 Å². The molecule has 0 aliphatic carbocycles. The Morgan fingerprint density at radius 2 is 1.71 bits per heavy atom. The van der Waals surface area contributed by atoms with Crippen molar-refractivity contribution in [2.75, 3.05) is 11.9 Å². The molecule has 1 amide bonds. The number of nitrogens with zero attached hydrogens (tertiary/aromatic N) is 1. The molecule has 0 saturated carbocycles. The normalized spacial score (nSPS) is 26.4. The molecule has 0 spiro atoms. The molecule has 4 nitrogen and oxygen atoms in total. The second-order valence-electron chi connectivity index (χ2n) is 7.03. The third-order valence-electron chi connectivity index (χ3n) is 5.11. The van der Waals surface area contributed by atoms with E-state index in [0.717, 1.165) is 16.7 Å². The first-order valence-electron chi connectivity index (χ1n) is 7.41. The second kappa shape index (κ2) is 4.34. The number of anilines is 1. The number of benzene rings is 1. The molecule has 0 bridgehead atoms. The molecule has 1 unspecified atom stereocenters. The lowest BCUT2D eigenvalue weighted by atomic mass is 9.78. The van der Waals surface area contributed by atoms with E-state index < -0.39 is 0 Å². The van der Waals surface area contributed by atoms with Gasteiger partial charge >= 0.3 is 7.12 Å². The Balaban J connectivity index is 1.95. The molecule has 2 heterocycles. The number of likely N-dealkylation sites (N-methyl/N-ethyl adjacent to an activating group) is 1. The molecule has 2 aliphatic rings. The quantitative estimate of drug-likeness (QED) is 0.742. The van der Waals surface area contributed by atoms with Crippen LogP contribution in [-0.4, -0.2) is 31.3 Å². The number of hydrogen-bond acceptors (Lipinski definition) is 3. The summed E-state index contributed by atoms with van der Waals surface area (Å²) in [5.74, 6) is 0.0633. The summed E-state index contributed by atoms with van der Waals surface area (Å²) in [7, 11) is 1.43. The minimum Gasteiger partial charge on any atom is -0.399 e. The Morgan fingerprint density at radius 1 is 1.14 bits per heavy atom. The summed E-state index contributed by atoms with van der Waals surface area (Å²) < 4.78 is 12.1. The van der Waals surface area contributed by atoms with Gasteiger partial charge in [0.15, 0.2) is 0 Å². The van der Waals surface area contributed by atoms with Crippen molar-refractivity contribution in [1.29, 1.82) is 0 Å². The smallest absolute Gasteiger partial charge is 0.399 e. The Bertz CT molecular complexity index is 596. The van der Waals surface area contributed by atoms with Gasteiger partial charge in [0.25, 0.3) is 0 Å². The van der Waals surface area contributed by atoms with Crippen LogP contribution in [0.2, 0.25) is 0 Å².